The molecule has 0 saturated heterocycles. The van der Waals surface area contributed by atoms with Crippen molar-refractivity contribution in [1.82, 2.24) is 9.78 Å². The third kappa shape index (κ3) is 4.47. The van der Waals surface area contributed by atoms with Crippen LogP contribution >= 0.6 is 0 Å². The van der Waals surface area contributed by atoms with Crippen LogP contribution in [0.15, 0.2) is 97.2 Å². The molecule has 30 heavy (non-hydrogen) atoms. The van der Waals surface area contributed by atoms with Gasteiger partial charge in [0, 0.05) is 23.4 Å². The van der Waals surface area contributed by atoms with Crippen molar-refractivity contribution in [1.29, 1.82) is 0 Å². The van der Waals surface area contributed by atoms with Crippen LogP contribution in [-0.2, 0) is 4.79 Å². The Hall–Kier alpha value is -4.12. The Balaban J connectivity index is 1.66. The van der Waals surface area contributed by atoms with Crippen molar-refractivity contribution < 1.29 is 14.3 Å². The molecular weight excluding hydrogens is 376 g/mol. The lowest BCUT2D eigenvalue weighted by Gasteiger charge is -2.03. The van der Waals surface area contributed by atoms with Gasteiger partial charge in [-0.15, -0.1) is 0 Å². The van der Waals surface area contributed by atoms with Crippen molar-refractivity contribution in [2.75, 3.05) is 7.11 Å². The lowest BCUT2D eigenvalue weighted by atomic mass is 10.1. The molecule has 0 N–H and O–H groups in total. The van der Waals surface area contributed by atoms with Crippen LogP contribution in [0, 0.1) is 0 Å². The van der Waals surface area contributed by atoms with Crippen molar-refractivity contribution in [2.24, 2.45) is 0 Å². The number of hydrogen-bond donors (Lipinski definition) is 0. The zero-order valence-electron chi connectivity index (χ0n) is 16.4. The molecule has 1 aromatic heterocycles. The summed E-state index contributed by atoms with van der Waals surface area (Å²) in [4.78, 5) is 12.2. The van der Waals surface area contributed by atoms with Crippen molar-refractivity contribution >= 4 is 12.0 Å². The van der Waals surface area contributed by atoms with E-state index in [2.05, 4.69) is 0 Å². The average Bonchev–Trinajstić information content (AvgIpc) is 3.23. The van der Waals surface area contributed by atoms with E-state index in [1.54, 1.807) is 30.0 Å². The Morgan fingerprint density at radius 3 is 2.20 bits per heavy atom. The standard InChI is InChI=1S/C25H20N2O3/c1-29-22-15-12-19(13-16-22)25-20(18-27(26-25)21-8-4-2-5-9-21)14-17-24(28)30-23-10-6-3-7-11-23/h2-18H,1H3/b17-14-. The van der Waals surface area contributed by atoms with E-state index in [0.717, 1.165) is 28.3 Å². The van der Waals surface area contributed by atoms with Crippen molar-refractivity contribution in [2.45, 2.75) is 0 Å². The quantitative estimate of drug-likeness (QED) is 0.256. The predicted molar refractivity (Wildman–Crippen MR) is 117 cm³/mol. The van der Waals surface area contributed by atoms with Gasteiger partial charge in [-0.25, -0.2) is 9.48 Å². The molecule has 0 fully saturated rings. The maximum absolute atomic E-state index is 12.2. The molecule has 0 amide bonds. The van der Waals surface area contributed by atoms with Crippen LogP contribution in [0.1, 0.15) is 5.56 Å². The molecule has 5 nitrogen and oxygen atoms in total. The van der Waals surface area contributed by atoms with E-state index in [9.17, 15) is 4.79 Å². The molecule has 0 aliphatic rings. The minimum atomic E-state index is -0.450. The van der Waals surface area contributed by atoms with Gasteiger partial charge in [0.2, 0.25) is 0 Å². The van der Waals surface area contributed by atoms with Gasteiger partial charge in [0.25, 0.3) is 0 Å². The predicted octanol–water partition coefficient (Wildman–Crippen LogP) is 5.17. The summed E-state index contributed by atoms with van der Waals surface area (Å²) < 4.78 is 12.4. The average molecular weight is 396 g/mol. The van der Waals surface area contributed by atoms with Gasteiger partial charge in [0.1, 0.15) is 11.5 Å². The van der Waals surface area contributed by atoms with E-state index in [0.29, 0.717) is 5.75 Å². The molecular formula is C25H20N2O3. The fourth-order valence-corrected chi connectivity index (χ4v) is 2.99. The van der Waals surface area contributed by atoms with Crippen LogP contribution in [0.3, 0.4) is 0 Å². The summed E-state index contributed by atoms with van der Waals surface area (Å²) in [7, 11) is 1.63. The molecule has 1 heterocycles. The number of hydrogen-bond acceptors (Lipinski definition) is 4. The molecule has 0 bridgehead atoms. The Bertz CT molecular complexity index is 1150. The van der Waals surface area contributed by atoms with Gasteiger partial charge in [0.15, 0.2) is 0 Å². The molecule has 3 aromatic carbocycles. The third-order valence-electron chi connectivity index (χ3n) is 4.49. The lowest BCUT2D eigenvalue weighted by molar-refractivity contribution is -0.128. The number of carbonyl (C=O) groups is 1. The summed E-state index contributed by atoms with van der Waals surface area (Å²) >= 11 is 0. The molecule has 0 saturated carbocycles. The SMILES string of the molecule is COc1ccc(-c2nn(-c3ccccc3)cc2/C=C\C(=O)Oc2ccccc2)cc1. The maximum Gasteiger partial charge on any atom is 0.336 e. The van der Waals surface area contributed by atoms with Gasteiger partial charge in [-0.2, -0.15) is 5.10 Å². The number of benzene rings is 3. The Morgan fingerprint density at radius 1 is 0.867 bits per heavy atom. The first kappa shape index (κ1) is 19.2. The number of nitrogens with zero attached hydrogens (tertiary/aromatic N) is 2. The molecule has 148 valence electrons. The second-order valence-corrected chi connectivity index (χ2v) is 6.51. The lowest BCUT2D eigenvalue weighted by Crippen LogP contribution is -2.03. The first-order valence-corrected chi connectivity index (χ1v) is 9.47. The molecule has 0 atom stereocenters. The van der Waals surface area contributed by atoms with E-state index in [4.69, 9.17) is 14.6 Å². The van der Waals surface area contributed by atoms with E-state index >= 15 is 0 Å². The third-order valence-corrected chi connectivity index (χ3v) is 4.49. The number of esters is 1. The Labute approximate surface area is 174 Å². The van der Waals surface area contributed by atoms with Crippen LogP contribution in [0.5, 0.6) is 11.5 Å². The monoisotopic (exact) mass is 396 g/mol. The molecule has 0 aliphatic carbocycles. The van der Waals surface area contributed by atoms with E-state index in [1.807, 2.05) is 79.0 Å². The van der Waals surface area contributed by atoms with Gasteiger partial charge in [-0.3, -0.25) is 0 Å². The van der Waals surface area contributed by atoms with Crippen LogP contribution in [0.4, 0.5) is 0 Å². The molecule has 4 aromatic rings. The van der Waals surface area contributed by atoms with Gasteiger partial charge in [-0.05, 0) is 54.6 Å². The minimum Gasteiger partial charge on any atom is -0.497 e. The van der Waals surface area contributed by atoms with Crippen LogP contribution < -0.4 is 9.47 Å². The van der Waals surface area contributed by atoms with Crippen molar-refractivity contribution in [3.8, 4) is 28.4 Å². The first-order chi connectivity index (χ1) is 14.7. The molecule has 0 spiro atoms. The smallest absolute Gasteiger partial charge is 0.336 e. The summed E-state index contributed by atoms with van der Waals surface area (Å²) in [5.74, 6) is 0.821. The number of aromatic nitrogens is 2. The van der Waals surface area contributed by atoms with Crippen molar-refractivity contribution in [3.05, 3.63) is 103 Å². The van der Waals surface area contributed by atoms with Gasteiger partial charge < -0.3 is 9.47 Å². The molecule has 0 unspecified atom stereocenters. The Kier molecular flexibility index (Phi) is 5.71. The maximum atomic E-state index is 12.2. The van der Waals surface area contributed by atoms with Crippen molar-refractivity contribution in [3.63, 3.8) is 0 Å². The topological polar surface area (TPSA) is 53.4 Å². The highest BCUT2D eigenvalue weighted by Gasteiger charge is 2.11. The number of para-hydroxylation sites is 2. The zero-order valence-corrected chi connectivity index (χ0v) is 16.4. The summed E-state index contributed by atoms with van der Waals surface area (Å²) in [5, 5.41) is 4.74. The zero-order chi connectivity index (χ0) is 20.8. The van der Waals surface area contributed by atoms with Gasteiger partial charge >= 0.3 is 5.97 Å². The highest BCUT2D eigenvalue weighted by molar-refractivity contribution is 5.90. The van der Waals surface area contributed by atoms with Crippen LogP contribution in [0.2, 0.25) is 0 Å². The van der Waals surface area contributed by atoms with E-state index in [-0.39, 0.29) is 0 Å². The van der Waals surface area contributed by atoms with Crippen LogP contribution in [-0.4, -0.2) is 22.9 Å². The highest BCUT2D eigenvalue weighted by atomic mass is 16.5. The first-order valence-electron chi connectivity index (χ1n) is 9.47. The minimum absolute atomic E-state index is 0.450. The highest BCUT2D eigenvalue weighted by Crippen LogP contribution is 2.26. The fraction of sp³-hybridized carbons (Fsp3) is 0.0400. The summed E-state index contributed by atoms with van der Waals surface area (Å²) in [6, 6.07) is 26.4. The number of rotatable bonds is 6. The number of methoxy groups -OCH3 is 1. The largest absolute Gasteiger partial charge is 0.497 e. The second-order valence-electron chi connectivity index (χ2n) is 6.51. The molecule has 4 rings (SSSR count). The number of carbonyl (C=O) groups excluding carboxylic acids is 1. The van der Waals surface area contributed by atoms with Gasteiger partial charge in [0.05, 0.1) is 18.5 Å². The molecule has 5 heteroatoms. The summed E-state index contributed by atoms with van der Waals surface area (Å²) in [6.07, 6.45) is 5.02. The van der Waals surface area contributed by atoms with E-state index < -0.39 is 5.97 Å². The van der Waals surface area contributed by atoms with Crippen LogP contribution in [0.25, 0.3) is 23.0 Å². The molecule has 0 aliphatic heterocycles. The Morgan fingerprint density at radius 2 is 1.53 bits per heavy atom. The number of ether oxygens (including phenoxy) is 2. The normalized spacial score (nSPS) is 10.8. The van der Waals surface area contributed by atoms with E-state index in [1.165, 1.54) is 6.08 Å². The summed E-state index contributed by atoms with van der Waals surface area (Å²) in [6.45, 7) is 0. The molecule has 0 radical (unpaired) electrons. The van der Waals surface area contributed by atoms with Gasteiger partial charge in [-0.1, -0.05) is 36.4 Å². The fourth-order valence-electron chi connectivity index (χ4n) is 2.99. The summed E-state index contributed by atoms with van der Waals surface area (Å²) in [5.41, 5.74) is 3.40. The second kappa shape index (κ2) is 8.92.